The summed E-state index contributed by atoms with van der Waals surface area (Å²) in [5.41, 5.74) is 13.7. The first-order chi connectivity index (χ1) is 24.7. The third kappa shape index (κ3) is 5.58. The van der Waals surface area contributed by atoms with Gasteiger partial charge in [0.25, 0.3) is 0 Å². The zero-order valence-corrected chi connectivity index (χ0v) is 27.0. The van der Waals surface area contributed by atoms with Crippen molar-refractivity contribution in [3.8, 4) is 72.8 Å². The maximum atomic E-state index is 9.58. The van der Waals surface area contributed by atoms with Crippen molar-refractivity contribution in [3.63, 3.8) is 0 Å². The van der Waals surface area contributed by atoms with Crippen LogP contribution in [0.3, 0.4) is 0 Å². The van der Waals surface area contributed by atoms with E-state index in [2.05, 4.69) is 154 Å². The molecular weight excluding hydrogens is 609 g/mol. The highest BCUT2D eigenvalue weighted by atomic mass is 14.7. The Labute approximate surface area is 291 Å². The summed E-state index contributed by atoms with van der Waals surface area (Å²) in [6.07, 6.45) is 6.81. The summed E-state index contributed by atoms with van der Waals surface area (Å²) in [5, 5.41) is 11.8. The van der Waals surface area contributed by atoms with Gasteiger partial charge in [-0.15, -0.1) is 0 Å². The molecule has 0 spiro atoms. The Hall–Kier alpha value is -7.14. The van der Waals surface area contributed by atoms with Crippen molar-refractivity contribution in [1.29, 1.82) is 5.26 Å². The molecule has 0 fully saturated rings. The highest BCUT2D eigenvalue weighted by molar-refractivity contribution is 6.18. The van der Waals surface area contributed by atoms with Crippen molar-refractivity contribution < 1.29 is 0 Å². The van der Waals surface area contributed by atoms with Crippen LogP contribution in [-0.2, 0) is 0 Å². The molecule has 50 heavy (non-hydrogen) atoms. The number of nitriles is 1. The summed E-state index contributed by atoms with van der Waals surface area (Å²) in [4.78, 5) is 12.3. The smallest absolute Gasteiger partial charge is 0.205 e. The molecule has 0 aliphatic heterocycles. The van der Waals surface area contributed by atoms with Gasteiger partial charge in [-0.1, -0.05) is 121 Å². The lowest BCUT2D eigenvalue weighted by molar-refractivity contribution is 1.30. The Morgan fingerprint density at radius 1 is 0.420 bits per heavy atom. The minimum absolute atomic E-state index is 0.511. The van der Waals surface area contributed by atoms with Crippen LogP contribution in [0.25, 0.3) is 82.4 Å². The Kier molecular flexibility index (Phi) is 7.95. The summed E-state index contributed by atoms with van der Waals surface area (Å²) in [5.74, 6) is 0. The molecule has 6 aromatic carbocycles. The van der Waals surface area contributed by atoms with Gasteiger partial charge in [0.2, 0.25) is 5.69 Å². The van der Waals surface area contributed by atoms with E-state index in [4.69, 9.17) is 6.57 Å². The molecule has 0 aliphatic rings. The fourth-order valence-electron chi connectivity index (χ4n) is 6.84. The van der Waals surface area contributed by atoms with Gasteiger partial charge in [-0.2, -0.15) is 5.26 Å². The molecule has 0 radical (unpaired) electrons. The quantitative estimate of drug-likeness (QED) is 0.171. The average Bonchev–Trinajstić information content (AvgIpc) is 3.20. The molecule has 0 atom stereocenters. The molecule has 232 valence electrons. The summed E-state index contributed by atoms with van der Waals surface area (Å²) < 4.78 is 0. The number of fused-ring (bicyclic) bond motifs is 1. The van der Waals surface area contributed by atoms with Crippen LogP contribution in [0.4, 0.5) is 5.69 Å². The third-order valence-corrected chi connectivity index (χ3v) is 9.03. The van der Waals surface area contributed by atoms with Crippen molar-refractivity contribution in [2.45, 2.75) is 0 Å². The second-order valence-electron chi connectivity index (χ2n) is 12.1. The van der Waals surface area contributed by atoms with Crippen LogP contribution in [0.2, 0.25) is 0 Å². The Balaban J connectivity index is 1.49. The maximum Gasteiger partial charge on any atom is 0.205 e. The molecule has 8 rings (SSSR count). The van der Waals surface area contributed by atoms with E-state index in [1.165, 1.54) is 0 Å². The molecule has 0 amide bonds. The molecule has 0 unspecified atom stereocenters. The largest absolute Gasteiger partial charge is 0.276 e. The number of nitrogens with zero attached hydrogens (tertiary/aromatic N) is 4. The predicted molar refractivity (Wildman–Crippen MR) is 203 cm³/mol. The molecule has 4 nitrogen and oxygen atoms in total. The van der Waals surface area contributed by atoms with Gasteiger partial charge in [0.1, 0.15) is 6.07 Å². The van der Waals surface area contributed by atoms with Crippen LogP contribution in [0.15, 0.2) is 170 Å². The number of pyridine rings is 2. The number of benzene rings is 6. The molecular formula is C46H28N4. The average molecular weight is 637 g/mol. The van der Waals surface area contributed by atoms with Crippen LogP contribution in [0.1, 0.15) is 5.56 Å². The van der Waals surface area contributed by atoms with Gasteiger partial charge in [0.15, 0.2) is 0 Å². The minimum atomic E-state index is 0.511. The van der Waals surface area contributed by atoms with Gasteiger partial charge in [-0.25, -0.2) is 4.85 Å². The van der Waals surface area contributed by atoms with Crippen molar-refractivity contribution >= 4 is 16.5 Å². The molecule has 4 heteroatoms. The normalized spacial score (nSPS) is 10.8. The highest BCUT2D eigenvalue weighted by Crippen LogP contribution is 2.51. The van der Waals surface area contributed by atoms with Crippen molar-refractivity contribution in [2.75, 3.05) is 0 Å². The van der Waals surface area contributed by atoms with Gasteiger partial charge in [-0.05, 0) is 96.2 Å². The standard InChI is InChI=1S/C46H28N4/c1-48-40-25-39(29-50-30-40)35-17-11-19-37(24-35)44-42-21-9-8-20-41(42)43(36-18-10-16-34(23-36)38-22-31(26-47)27-49-28-38)45(32-12-4-2-5-13-32)46(44)33-14-6-3-7-15-33/h2-25,27-30H. The van der Waals surface area contributed by atoms with Gasteiger partial charge in [0, 0.05) is 30.4 Å². The van der Waals surface area contributed by atoms with Crippen LogP contribution < -0.4 is 0 Å². The van der Waals surface area contributed by atoms with Crippen LogP contribution >= 0.6 is 0 Å². The highest BCUT2D eigenvalue weighted by Gasteiger charge is 2.24. The molecule has 0 aliphatic carbocycles. The molecule has 0 saturated heterocycles. The second-order valence-corrected chi connectivity index (χ2v) is 12.1. The summed E-state index contributed by atoms with van der Waals surface area (Å²) >= 11 is 0. The fourth-order valence-corrected chi connectivity index (χ4v) is 6.84. The minimum Gasteiger partial charge on any atom is -0.276 e. The van der Waals surface area contributed by atoms with E-state index < -0.39 is 0 Å². The van der Waals surface area contributed by atoms with E-state index in [0.29, 0.717) is 11.3 Å². The number of rotatable bonds is 6. The van der Waals surface area contributed by atoms with Gasteiger partial charge >= 0.3 is 0 Å². The topological polar surface area (TPSA) is 53.9 Å². The molecule has 0 bridgehead atoms. The lowest BCUT2D eigenvalue weighted by Crippen LogP contribution is -1.98. The van der Waals surface area contributed by atoms with E-state index in [1.807, 2.05) is 24.5 Å². The predicted octanol–water partition coefficient (Wildman–Crippen LogP) is 12.1. The summed E-state index contributed by atoms with van der Waals surface area (Å²) in [6, 6.07) is 53.0. The molecule has 8 aromatic rings. The van der Waals surface area contributed by atoms with E-state index >= 15 is 0 Å². The Bertz CT molecular complexity index is 2430. The van der Waals surface area contributed by atoms with E-state index in [0.717, 1.165) is 77.5 Å². The number of aromatic nitrogens is 2. The fraction of sp³-hybridized carbons (Fsp3) is 0. The zero-order chi connectivity index (χ0) is 33.9. The van der Waals surface area contributed by atoms with Crippen LogP contribution in [0.5, 0.6) is 0 Å². The zero-order valence-electron chi connectivity index (χ0n) is 27.0. The van der Waals surface area contributed by atoms with Crippen LogP contribution in [0, 0.1) is 17.9 Å². The van der Waals surface area contributed by atoms with E-state index in [1.54, 1.807) is 12.4 Å². The third-order valence-electron chi connectivity index (χ3n) is 9.03. The first-order valence-electron chi connectivity index (χ1n) is 16.3. The molecule has 0 saturated carbocycles. The first-order valence-corrected chi connectivity index (χ1v) is 16.3. The van der Waals surface area contributed by atoms with Crippen molar-refractivity contribution in [2.24, 2.45) is 0 Å². The number of hydrogen-bond acceptors (Lipinski definition) is 3. The maximum absolute atomic E-state index is 9.58. The lowest BCUT2D eigenvalue weighted by Gasteiger charge is -2.24. The Morgan fingerprint density at radius 2 is 0.880 bits per heavy atom. The summed E-state index contributed by atoms with van der Waals surface area (Å²) in [7, 11) is 0. The summed E-state index contributed by atoms with van der Waals surface area (Å²) in [6.45, 7) is 7.54. The Morgan fingerprint density at radius 3 is 1.40 bits per heavy atom. The van der Waals surface area contributed by atoms with Crippen molar-refractivity contribution in [1.82, 2.24) is 9.97 Å². The van der Waals surface area contributed by atoms with Gasteiger partial charge in [0.05, 0.1) is 12.1 Å². The van der Waals surface area contributed by atoms with Gasteiger partial charge in [-0.3, -0.25) is 9.97 Å². The van der Waals surface area contributed by atoms with Crippen molar-refractivity contribution in [3.05, 3.63) is 187 Å². The lowest BCUT2D eigenvalue weighted by atomic mass is 9.78. The first kappa shape index (κ1) is 30.2. The SMILES string of the molecule is [C-]#[N+]c1cncc(-c2cccc(-c3c(-c4ccccc4)c(-c4ccccc4)c(-c4cccc(-c5cncc(C#N)c5)c4)c4ccccc34)c2)c1. The van der Waals surface area contributed by atoms with E-state index in [-0.39, 0.29) is 0 Å². The second kappa shape index (κ2) is 13.2. The molecule has 2 heterocycles. The monoisotopic (exact) mass is 636 g/mol. The van der Waals surface area contributed by atoms with Gasteiger partial charge < -0.3 is 0 Å². The number of hydrogen-bond donors (Lipinski definition) is 0. The molecule has 0 N–H and O–H groups in total. The van der Waals surface area contributed by atoms with E-state index in [9.17, 15) is 5.26 Å². The molecule has 2 aromatic heterocycles. The van der Waals surface area contributed by atoms with Crippen LogP contribution in [-0.4, -0.2) is 9.97 Å².